The van der Waals surface area contributed by atoms with Crippen LogP contribution in [0.2, 0.25) is 0 Å². The topological polar surface area (TPSA) is 62.5 Å². The molecule has 1 aliphatic carbocycles. The second kappa shape index (κ2) is 12.7. The molecule has 11 rings (SSSR count). The van der Waals surface area contributed by atoms with E-state index >= 15 is 0 Å². The number of fused-ring (bicyclic) bond motifs is 5. The van der Waals surface area contributed by atoms with Crippen molar-refractivity contribution in [3.63, 3.8) is 0 Å². The molecule has 0 unspecified atom stereocenters. The lowest BCUT2D eigenvalue weighted by Crippen LogP contribution is -2.01. The van der Waals surface area contributed by atoms with Gasteiger partial charge >= 0.3 is 0 Å². The number of hydrogen-bond donors (Lipinski definition) is 0. The molecule has 1 aromatic heterocycles. The van der Waals surface area contributed by atoms with Crippen LogP contribution in [0.5, 0.6) is 0 Å². The van der Waals surface area contributed by atoms with Crippen molar-refractivity contribution in [2.45, 2.75) is 0 Å². The summed E-state index contributed by atoms with van der Waals surface area (Å²) in [6.45, 7) is 0. The lowest BCUT2D eigenvalue weighted by atomic mass is 9.85. The molecular weight excluding hydrogens is 681 g/mol. The maximum Gasteiger partial charge on any atom is 0.165 e. The molecule has 258 valence electrons. The lowest BCUT2D eigenvalue weighted by Gasteiger charge is -2.18. The molecule has 0 atom stereocenters. The van der Waals surface area contributed by atoms with Crippen LogP contribution < -0.4 is 0 Å². The number of nitrogens with zero attached hydrogens (tertiary/aromatic N) is 4. The summed E-state index contributed by atoms with van der Waals surface area (Å²) in [6, 6.07) is 65.8. The van der Waals surface area contributed by atoms with Crippen molar-refractivity contribution in [2.75, 3.05) is 0 Å². The molecule has 4 heteroatoms. The standard InChI is InChI=1S/C52H30N4/c53-31-32-22-24-33(25-23-32)38-26-27-43-39-18-9-10-19-40(39)44-28-29-45(47(38)48(43)44)41-20-11-21-42-46(41)30-36-16-7-8-17-37(36)49(42)52-55-50(34-12-3-1-4-13-34)54-51(56-52)35-14-5-2-6-15-35/h1-30H. The Morgan fingerprint density at radius 3 is 1.48 bits per heavy atom. The number of hydrogen-bond acceptors (Lipinski definition) is 4. The van der Waals surface area contributed by atoms with Gasteiger partial charge < -0.3 is 0 Å². The quantitative estimate of drug-likeness (QED) is 0.167. The molecule has 0 fully saturated rings. The third-order valence-corrected chi connectivity index (χ3v) is 11.1. The highest BCUT2D eigenvalue weighted by molar-refractivity contribution is 6.25. The van der Waals surface area contributed by atoms with Crippen LogP contribution in [0, 0.1) is 11.3 Å². The van der Waals surface area contributed by atoms with Crippen LogP contribution in [-0.4, -0.2) is 15.0 Å². The Morgan fingerprint density at radius 2 is 0.839 bits per heavy atom. The molecule has 0 spiro atoms. The SMILES string of the molecule is N#Cc1ccc(-c2ccc3c4c(ccc(-c5cccc6c(-c7nc(-c8ccccc8)nc(-c8ccccc8)n7)c7ccccc7cc56)c24)-c2ccccc2-3)cc1. The summed E-state index contributed by atoms with van der Waals surface area (Å²) in [5.41, 5.74) is 12.9. The number of aromatic nitrogens is 3. The van der Waals surface area contributed by atoms with Crippen LogP contribution in [0.3, 0.4) is 0 Å². The molecule has 0 N–H and O–H groups in total. The Labute approximate surface area is 323 Å². The highest BCUT2D eigenvalue weighted by atomic mass is 15.0. The summed E-state index contributed by atoms with van der Waals surface area (Å²) in [6.07, 6.45) is 0. The highest BCUT2D eigenvalue weighted by Crippen LogP contribution is 2.53. The van der Waals surface area contributed by atoms with Gasteiger partial charge in [-0.25, -0.2) is 15.0 Å². The van der Waals surface area contributed by atoms with E-state index in [0.29, 0.717) is 23.0 Å². The smallest absolute Gasteiger partial charge is 0.165 e. The van der Waals surface area contributed by atoms with Gasteiger partial charge in [-0.2, -0.15) is 5.26 Å². The first-order valence-electron chi connectivity index (χ1n) is 18.8. The minimum Gasteiger partial charge on any atom is -0.208 e. The van der Waals surface area contributed by atoms with E-state index in [1.807, 2.05) is 72.8 Å². The molecule has 0 amide bonds. The van der Waals surface area contributed by atoms with Gasteiger partial charge in [-0.05, 0) is 95.0 Å². The average Bonchev–Trinajstić information content (AvgIpc) is 3.60. The van der Waals surface area contributed by atoms with Crippen molar-refractivity contribution < 1.29 is 0 Å². The summed E-state index contributed by atoms with van der Waals surface area (Å²) < 4.78 is 0. The van der Waals surface area contributed by atoms with Gasteiger partial charge in [-0.3, -0.25) is 0 Å². The fraction of sp³-hybridized carbons (Fsp3) is 0. The third-order valence-electron chi connectivity index (χ3n) is 11.1. The molecule has 10 aromatic rings. The average molecular weight is 711 g/mol. The molecule has 0 saturated carbocycles. The number of nitriles is 1. The fourth-order valence-corrected chi connectivity index (χ4v) is 8.57. The monoisotopic (exact) mass is 710 g/mol. The summed E-state index contributed by atoms with van der Waals surface area (Å²) in [5, 5.41) is 16.4. The van der Waals surface area contributed by atoms with Crippen LogP contribution in [0.1, 0.15) is 5.56 Å². The van der Waals surface area contributed by atoms with E-state index in [1.54, 1.807) is 0 Å². The zero-order chi connectivity index (χ0) is 37.2. The lowest BCUT2D eigenvalue weighted by molar-refractivity contribution is 1.08. The van der Waals surface area contributed by atoms with E-state index in [-0.39, 0.29) is 0 Å². The van der Waals surface area contributed by atoms with E-state index in [0.717, 1.165) is 60.5 Å². The Morgan fingerprint density at radius 1 is 0.339 bits per heavy atom. The largest absolute Gasteiger partial charge is 0.208 e. The van der Waals surface area contributed by atoms with Gasteiger partial charge in [0.2, 0.25) is 0 Å². The molecule has 0 bridgehead atoms. The van der Waals surface area contributed by atoms with Crippen LogP contribution in [0.4, 0.5) is 0 Å². The second-order valence-corrected chi connectivity index (χ2v) is 14.2. The van der Waals surface area contributed by atoms with Crippen molar-refractivity contribution in [1.29, 1.82) is 5.26 Å². The summed E-state index contributed by atoms with van der Waals surface area (Å²) >= 11 is 0. The first-order valence-corrected chi connectivity index (χ1v) is 18.8. The maximum atomic E-state index is 9.61. The van der Waals surface area contributed by atoms with Crippen molar-refractivity contribution in [2.24, 2.45) is 0 Å². The van der Waals surface area contributed by atoms with Gasteiger partial charge in [0.25, 0.3) is 0 Å². The van der Waals surface area contributed by atoms with Gasteiger partial charge in [0.15, 0.2) is 17.5 Å². The second-order valence-electron chi connectivity index (χ2n) is 14.2. The first-order chi connectivity index (χ1) is 27.7. The van der Waals surface area contributed by atoms with Crippen LogP contribution in [0.15, 0.2) is 182 Å². The van der Waals surface area contributed by atoms with E-state index in [1.165, 1.54) is 33.0 Å². The Hall–Kier alpha value is -7.74. The van der Waals surface area contributed by atoms with E-state index in [9.17, 15) is 5.26 Å². The molecular formula is C52H30N4. The molecule has 0 saturated heterocycles. The minimum atomic E-state index is 0.630. The zero-order valence-corrected chi connectivity index (χ0v) is 30.1. The van der Waals surface area contributed by atoms with Gasteiger partial charge in [-0.15, -0.1) is 0 Å². The molecule has 1 heterocycles. The Kier molecular flexibility index (Phi) is 7.20. The normalized spacial score (nSPS) is 11.6. The summed E-state index contributed by atoms with van der Waals surface area (Å²) in [5.74, 6) is 1.89. The summed E-state index contributed by atoms with van der Waals surface area (Å²) in [4.78, 5) is 15.5. The van der Waals surface area contributed by atoms with Crippen molar-refractivity contribution in [1.82, 2.24) is 15.0 Å². The molecule has 0 radical (unpaired) electrons. The van der Waals surface area contributed by atoms with E-state index < -0.39 is 0 Å². The molecule has 0 aliphatic heterocycles. The predicted molar refractivity (Wildman–Crippen MR) is 229 cm³/mol. The molecule has 56 heavy (non-hydrogen) atoms. The van der Waals surface area contributed by atoms with Crippen molar-refractivity contribution in [3.8, 4) is 84.7 Å². The Balaban J connectivity index is 1.23. The van der Waals surface area contributed by atoms with Gasteiger partial charge in [-0.1, -0.05) is 164 Å². The maximum absolute atomic E-state index is 9.61. The van der Waals surface area contributed by atoms with Crippen LogP contribution >= 0.6 is 0 Å². The minimum absolute atomic E-state index is 0.630. The van der Waals surface area contributed by atoms with Gasteiger partial charge in [0, 0.05) is 16.7 Å². The van der Waals surface area contributed by atoms with E-state index in [2.05, 4.69) is 115 Å². The Bertz CT molecular complexity index is 3150. The number of rotatable bonds is 5. The van der Waals surface area contributed by atoms with E-state index in [4.69, 9.17) is 15.0 Å². The molecule has 9 aromatic carbocycles. The van der Waals surface area contributed by atoms with Crippen LogP contribution in [0.25, 0.3) is 111 Å². The molecule has 1 aliphatic rings. The zero-order valence-electron chi connectivity index (χ0n) is 30.1. The molecule has 4 nitrogen and oxygen atoms in total. The van der Waals surface area contributed by atoms with Crippen LogP contribution in [-0.2, 0) is 0 Å². The number of benzene rings is 9. The summed E-state index contributed by atoms with van der Waals surface area (Å²) in [7, 11) is 0. The van der Waals surface area contributed by atoms with Gasteiger partial charge in [0.1, 0.15) is 0 Å². The third kappa shape index (κ3) is 4.96. The van der Waals surface area contributed by atoms with Gasteiger partial charge in [0.05, 0.1) is 11.6 Å². The first kappa shape index (κ1) is 31.8. The predicted octanol–water partition coefficient (Wildman–Crippen LogP) is 13.2. The van der Waals surface area contributed by atoms with Crippen molar-refractivity contribution >= 4 is 32.3 Å². The fourth-order valence-electron chi connectivity index (χ4n) is 8.57. The highest BCUT2D eigenvalue weighted by Gasteiger charge is 2.26. The van der Waals surface area contributed by atoms with Crippen molar-refractivity contribution in [3.05, 3.63) is 188 Å².